The Morgan fingerprint density at radius 1 is 1.25 bits per heavy atom. The zero-order chi connectivity index (χ0) is 11.5. The highest BCUT2D eigenvalue weighted by Gasteiger charge is 2.25. The first-order valence-electron chi connectivity index (χ1n) is 6.24. The van der Waals surface area contributed by atoms with E-state index in [9.17, 15) is 0 Å². The van der Waals surface area contributed by atoms with Gasteiger partial charge in [-0.05, 0) is 42.4 Å². The van der Waals surface area contributed by atoms with Crippen LogP contribution >= 0.6 is 0 Å². The summed E-state index contributed by atoms with van der Waals surface area (Å²) in [5, 5.41) is 3.48. The van der Waals surface area contributed by atoms with E-state index in [1.54, 1.807) is 0 Å². The molecule has 0 radical (unpaired) electrons. The second-order valence-corrected chi connectivity index (χ2v) is 5.26. The number of nitrogens with two attached hydrogens (primary N) is 1. The molecule has 2 heteroatoms. The number of nitrogens with one attached hydrogen (secondary N) is 1. The first-order chi connectivity index (χ1) is 7.65. The van der Waals surface area contributed by atoms with E-state index in [-0.39, 0.29) is 0 Å². The SMILES string of the molecule is CC(C)c1ccc(NCC2CC(N)C2)cc1. The summed E-state index contributed by atoms with van der Waals surface area (Å²) in [5.74, 6) is 1.39. The number of hydrogen-bond acceptors (Lipinski definition) is 2. The van der Waals surface area contributed by atoms with Gasteiger partial charge in [0.1, 0.15) is 0 Å². The van der Waals surface area contributed by atoms with Crippen LogP contribution in [-0.4, -0.2) is 12.6 Å². The monoisotopic (exact) mass is 218 g/mol. The van der Waals surface area contributed by atoms with Gasteiger partial charge in [0.2, 0.25) is 0 Å². The lowest BCUT2D eigenvalue weighted by molar-refractivity contribution is 0.280. The Kier molecular flexibility index (Phi) is 3.49. The maximum Gasteiger partial charge on any atom is 0.0340 e. The smallest absolute Gasteiger partial charge is 0.0340 e. The molecule has 0 atom stereocenters. The van der Waals surface area contributed by atoms with Crippen LogP contribution in [0.5, 0.6) is 0 Å². The molecule has 3 N–H and O–H groups in total. The maximum atomic E-state index is 5.76. The van der Waals surface area contributed by atoms with E-state index in [0.717, 1.165) is 12.5 Å². The Morgan fingerprint density at radius 2 is 1.88 bits per heavy atom. The summed E-state index contributed by atoms with van der Waals surface area (Å²) in [7, 11) is 0. The summed E-state index contributed by atoms with van der Waals surface area (Å²) < 4.78 is 0. The molecule has 0 bridgehead atoms. The average Bonchev–Trinajstić information content (AvgIpc) is 2.23. The van der Waals surface area contributed by atoms with Crippen molar-refractivity contribution in [2.45, 2.75) is 38.6 Å². The van der Waals surface area contributed by atoms with E-state index in [0.29, 0.717) is 12.0 Å². The molecule has 0 spiro atoms. The molecule has 0 aromatic heterocycles. The molecule has 1 aromatic rings. The molecule has 0 unspecified atom stereocenters. The summed E-state index contributed by atoms with van der Waals surface area (Å²) in [5.41, 5.74) is 8.39. The molecular formula is C14H22N2. The minimum Gasteiger partial charge on any atom is -0.385 e. The third-order valence-corrected chi connectivity index (χ3v) is 3.44. The molecule has 0 aliphatic heterocycles. The third kappa shape index (κ3) is 2.76. The molecule has 88 valence electrons. The highest BCUT2D eigenvalue weighted by molar-refractivity contribution is 5.45. The van der Waals surface area contributed by atoms with Crippen LogP contribution in [0.1, 0.15) is 38.2 Å². The summed E-state index contributed by atoms with van der Waals surface area (Å²) in [6.45, 7) is 5.51. The van der Waals surface area contributed by atoms with Crippen molar-refractivity contribution in [2.75, 3.05) is 11.9 Å². The number of hydrogen-bond donors (Lipinski definition) is 2. The largest absolute Gasteiger partial charge is 0.385 e. The standard InChI is InChI=1S/C14H22N2/c1-10(2)12-3-5-14(6-4-12)16-9-11-7-13(15)8-11/h3-6,10-11,13,16H,7-9,15H2,1-2H3. The molecule has 0 saturated heterocycles. The van der Waals surface area contributed by atoms with Crippen molar-refractivity contribution in [3.63, 3.8) is 0 Å². The first kappa shape index (κ1) is 11.5. The van der Waals surface area contributed by atoms with Crippen LogP contribution in [0, 0.1) is 5.92 Å². The number of rotatable bonds is 4. The van der Waals surface area contributed by atoms with Crippen molar-refractivity contribution >= 4 is 5.69 Å². The van der Waals surface area contributed by atoms with Gasteiger partial charge in [-0.2, -0.15) is 0 Å². The molecule has 1 saturated carbocycles. The highest BCUT2D eigenvalue weighted by atomic mass is 14.9. The Labute approximate surface area is 98.2 Å². The summed E-state index contributed by atoms with van der Waals surface area (Å²) in [6, 6.07) is 9.22. The fourth-order valence-electron chi connectivity index (χ4n) is 2.20. The average molecular weight is 218 g/mol. The van der Waals surface area contributed by atoms with Crippen molar-refractivity contribution in [3.8, 4) is 0 Å². The van der Waals surface area contributed by atoms with Crippen LogP contribution in [0.2, 0.25) is 0 Å². The van der Waals surface area contributed by atoms with Gasteiger partial charge in [-0.15, -0.1) is 0 Å². The van der Waals surface area contributed by atoms with E-state index in [1.807, 2.05) is 0 Å². The van der Waals surface area contributed by atoms with Gasteiger partial charge in [0.25, 0.3) is 0 Å². The van der Waals surface area contributed by atoms with Crippen molar-refractivity contribution < 1.29 is 0 Å². The lowest BCUT2D eigenvalue weighted by Gasteiger charge is -2.32. The summed E-state index contributed by atoms with van der Waals surface area (Å²) >= 11 is 0. The topological polar surface area (TPSA) is 38.0 Å². The van der Waals surface area contributed by atoms with Gasteiger partial charge in [-0.3, -0.25) is 0 Å². The van der Waals surface area contributed by atoms with Gasteiger partial charge in [0, 0.05) is 18.3 Å². The Balaban J connectivity index is 1.81. The predicted octanol–water partition coefficient (Wildman–Crippen LogP) is 2.96. The molecule has 16 heavy (non-hydrogen) atoms. The van der Waals surface area contributed by atoms with Gasteiger partial charge < -0.3 is 11.1 Å². The van der Waals surface area contributed by atoms with E-state index >= 15 is 0 Å². The van der Waals surface area contributed by atoms with Gasteiger partial charge in [-0.25, -0.2) is 0 Å². The zero-order valence-electron chi connectivity index (χ0n) is 10.2. The lowest BCUT2D eigenvalue weighted by Crippen LogP contribution is -2.39. The molecule has 2 rings (SSSR count). The molecule has 0 heterocycles. The minimum absolute atomic E-state index is 0.454. The molecule has 1 aliphatic rings. The van der Waals surface area contributed by atoms with Gasteiger partial charge in [-0.1, -0.05) is 26.0 Å². The summed E-state index contributed by atoms with van der Waals surface area (Å²) in [4.78, 5) is 0. The second kappa shape index (κ2) is 4.88. The number of benzene rings is 1. The van der Waals surface area contributed by atoms with E-state index < -0.39 is 0 Å². The zero-order valence-corrected chi connectivity index (χ0v) is 10.2. The quantitative estimate of drug-likeness (QED) is 0.815. The minimum atomic E-state index is 0.454. The Morgan fingerprint density at radius 3 is 2.38 bits per heavy atom. The molecule has 1 aromatic carbocycles. The number of anilines is 1. The van der Waals surface area contributed by atoms with Crippen molar-refractivity contribution in [1.82, 2.24) is 0 Å². The van der Waals surface area contributed by atoms with Crippen LogP contribution < -0.4 is 11.1 Å². The van der Waals surface area contributed by atoms with Crippen LogP contribution in [0.4, 0.5) is 5.69 Å². The predicted molar refractivity (Wildman–Crippen MR) is 69.7 cm³/mol. The van der Waals surface area contributed by atoms with E-state index in [4.69, 9.17) is 5.73 Å². The first-order valence-corrected chi connectivity index (χ1v) is 6.24. The van der Waals surface area contributed by atoms with Crippen LogP contribution in [0.25, 0.3) is 0 Å². The van der Waals surface area contributed by atoms with Crippen molar-refractivity contribution in [2.24, 2.45) is 11.7 Å². The van der Waals surface area contributed by atoms with Crippen LogP contribution in [-0.2, 0) is 0 Å². The van der Waals surface area contributed by atoms with E-state index in [2.05, 4.69) is 43.4 Å². The molecule has 0 amide bonds. The lowest BCUT2D eigenvalue weighted by atomic mass is 9.81. The third-order valence-electron chi connectivity index (χ3n) is 3.44. The van der Waals surface area contributed by atoms with Crippen LogP contribution in [0.15, 0.2) is 24.3 Å². The van der Waals surface area contributed by atoms with E-state index in [1.165, 1.54) is 24.1 Å². The van der Waals surface area contributed by atoms with Gasteiger partial charge in [0.15, 0.2) is 0 Å². The maximum absolute atomic E-state index is 5.76. The van der Waals surface area contributed by atoms with Gasteiger partial charge >= 0.3 is 0 Å². The summed E-state index contributed by atoms with van der Waals surface area (Å²) in [6.07, 6.45) is 2.36. The highest BCUT2D eigenvalue weighted by Crippen LogP contribution is 2.26. The Hall–Kier alpha value is -1.02. The molecular weight excluding hydrogens is 196 g/mol. The fourth-order valence-corrected chi connectivity index (χ4v) is 2.20. The van der Waals surface area contributed by atoms with Crippen LogP contribution in [0.3, 0.4) is 0 Å². The molecule has 1 fully saturated rings. The van der Waals surface area contributed by atoms with Crippen molar-refractivity contribution in [1.29, 1.82) is 0 Å². The van der Waals surface area contributed by atoms with Gasteiger partial charge in [0.05, 0.1) is 0 Å². The fraction of sp³-hybridized carbons (Fsp3) is 0.571. The van der Waals surface area contributed by atoms with Crippen molar-refractivity contribution in [3.05, 3.63) is 29.8 Å². The normalized spacial score (nSPS) is 24.2. The molecule has 2 nitrogen and oxygen atoms in total. The second-order valence-electron chi connectivity index (χ2n) is 5.26. The molecule has 1 aliphatic carbocycles. The Bertz CT molecular complexity index is 323.